The minimum absolute atomic E-state index is 0.0127. The Balaban J connectivity index is 1.28. The molecule has 0 spiro atoms. The molecule has 6 aromatic rings. The van der Waals surface area contributed by atoms with Crippen LogP contribution in [0.3, 0.4) is 0 Å². The smallest absolute Gasteiger partial charge is 0.243 e. The first-order chi connectivity index (χ1) is 32.9. The first kappa shape index (κ1) is 50.1. The molecule has 0 fully saturated rings. The van der Waals surface area contributed by atoms with Crippen molar-refractivity contribution in [1.29, 1.82) is 0 Å². The number of imidazole rings is 1. The maximum Gasteiger partial charge on any atom is 0.243 e. The summed E-state index contributed by atoms with van der Waals surface area (Å²) < 4.78 is 0. The number of hydrogen-bond acceptors (Lipinski definition) is 10. The van der Waals surface area contributed by atoms with Gasteiger partial charge in [0, 0.05) is 71.8 Å². The second-order valence-corrected chi connectivity index (χ2v) is 17.0. The molecule has 6 amide bonds. The molecule has 360 valence electrons. The normalized spacial score (nSPS) is 14.0. The lowest BCUT2D eigenvalue weighted by molar-refractivity contribution is -0.135. The molecule has 16 N–H and O–H groups in total. The zero-order valence-electron chi connectivity index (χ0n) is 38.0. The van der Waals surface area contributed by atoms with E-state index in [1.54, 1.807) is 42.9 Å². The quantitative estimate of drug-likeness (QED) is 0.0327. The van der Waals surface area contributed by atoms with Gasteiger partial charge in [-0.1, -0.05) is 66.7 Å². The van der Waals surface area contributed by atoms with Gasteiger partial charge in [-0.2, -0.15) is 0 Å². The Labute approximate surface area is 394 Å². The Bertz CT molecular complexity index is 2590. The van der Waals surface area contributed by atoms with Crippen LogP contribution in [-0.2, 0) is 54.5 Å². The average molecular weight is 930 g/mol. The van der Waals surface area contributed by atoms with E-state index in [1.807, 2.05) is 54.6 Å². The SMILES string of the molecule is NCCCCC(NC(=O)C(Cc1ccccc1)NC(=O)C(Cc1c[nH]c2ccccc12)NC(=O)C(CCCCN)NC(=O)C(Cc1c[nH]c2ccccc12)NC(=O)C(N)Cc1cnc[nH]1)C(N)=O. The highest BCUT2D eigenvalue weighted by molar-refractivity contribution is 5.97. The Morgan fingerprint density at radius 3 is 1.49 bits per heavy atom. The van der Waals surface area contributed by atoms with Crippen molar-refractivity contribution in [2.45, 2.75) is 100 Å². The van der Waals surface area contributed by atoms with E-state index < -0.39 is 71.7 Å². The van der Waals surface area contributed by atoms with Gasteiger partial charge in [-0.25, -0.2) is 4.98 Å². The Hall–Kier alpha value is -7.35. The number of nitrogens with one attached hydrogen (secondary N) is 8. The van der Waals surface area contributed by atoms with Crippen LogP contribution in [0, 0.1) is 0 Å². The molecule has 6 rings (SSSR count). The Morgan fingerprint density at radius 1 is 0.515 bits per heavy atom. The summed E-state index contributed by atoms with van der Waals surface area (Å²) in [5.41, 5.74) is 28.0. The van der Waals surface area contributed by atoms with Crippen molar-refractivity contribution >= 4 is 57.2 Å². The van der Waals surface area contributed by atoms with Crippen molar-refractivity contribution in [3.63, 3.8) is 0 Å². The van der Waals surface area contributed by atoms with E-state index in [1.165, 1.54) is 6.33 Å². The van der Waals surface area contributed by atoms with E-state index in [2.05, 4.69) is 46.5 Å². The van der Waals surface area contributed by atoms with Crippen molar-refractivity contribution in [3.8, 4) is 0 Å². The maximum atomic E-state index is 14.7. The van der Waals surface area contributed by atoms with Gasteiger partial charge in [0.25, 0.3) is 0 Å². The van der Waals surface area contributed by atoms with Gasteiger partial charge in [-0.05, 0) is 80.4 Å². The van der Waals surface area contributed by atoms with Crippen LogP contribution < -0.4 is 49.5 Å². The third-order valence-corrected chi connectivity index (χ3v) is 11.9. The summed E-state index contributed by atoms with van der Waals surface area (Å²) >= 11 is 0. The number of para-hydroxylation sites is 2. The van der Waals surface area contributed by atoms with Crippen LogP contribution in [0.15, 0.2) is 104 Å². The molecule has 19 heteroatoms. The van der Waals surface area contributed by atoms with E-state index >= 15 is 0 Å². The molecule has 0 aliphatic heterocycles. The van der Waals surface area contributed by atoms with Gasteiger partial charge in [0.1, 0.15) is 30.2 Å². The van der Waals surface area contributed by atoms with E-state index in [-0.39, 0.29) is 38.5 Å². The van der Waals surface area contributed by atoms with E-state index in [9.17, 15) is 28.8 Å². The molecule has 0 saturated heterocycles. The fourth-order valence-corrected chi connectivity index (χ4v) is 8.15. The maximum absolute atomic E-state index is 14.7. The van der Waals surface area contributed by atoms with Crippen LogP contribution in [0.5, 0.6) is 0 Å². The summed E-state index contributed by atoms with van der Waals surface area (Å²) in [7, 11) is 0. The van der Waals surface area contributed by atoms with E-state index in [0.717, 1.165) is 32.9 Å². The lowest BCUT2D eigenvalue weighted by atomic mass is 10.00. The molecule has 3 aromatic heterocycles. The molecular weight excluding hydrogens is 867 g/mol. The Morgan fingerprint density at radius 2 is 0.971 bits per heavy atom. The molecule has 19 nitrogen and oxygen atoms in total. The van der Waals surface area contributed by atoms with E-state index in [0.29, 0.717) is 50.0 Å². The molecule has 0 aliphatic rings. The monoisotopic (exact) mass is 930 g/mol. The second kappa shape index (κ2) is 25.0. The number of H-pyrrole nitrogens is 3. The number of carbonyl (C=O) groups is 6. The number of nitrogens with zero attached hydrogens (tertiary/aromatic N) is 1. The predicted octanol–water partition coefficient (Wildman–Crippen LogP) is 1.14. The number of hydrogen-bond donors (Lipinski definition) is 12. The summed E-state index contributed by atoms with van der Waals surface area (Å²) in [4.78, 5) is 97.3. The second-order valence-electron chi connectivity index (χ2n) is 17.0. The summed E-state index contributed by atoms with van der Waals surface area (Å²) in [5, 5.41) is 15.8. The van der Waals surface area contributed by atoms with Gasteiger partial charge in [0.2, 0.25) is 35.4 Å². The number of rotatable bonds is 27. The van der Waals surface area contributed by atoms with Crippen molar-refractivity contribution in [3.05, 3.63) is 126 Å². The molecule has 6 atom stereocenters. The molecule has 3 heterocycles. The summed E-state index contributed by atoms with van der Waals surface area (Å²) in [6.07, 6.45) is 9.29. The number of aromatic nitrogens is 4. The number of benzene rings is 3. The fourth-order valence-electron chi connectivity index (χ4n) is 8.15. The molecule has 0 saturated carbocycles. The molecule has 0 aliphatic carbocycles. The third kappa shape index (κ3) is 14.1. The number of nitrogens with two attached hydrogens (primary N) is 4. The Kier molecular flexibility index (Phi) is 18.4. The van der Waals surface area contributed by atoms with Crippen LogP contribution in [0.2, 0.25) is 0 Å². The standard InChI is InChI=1S/C49H63N13O6/c50-20-10-8-18-39(44(53)63)58-47(66)41(22-30-12-2-1-3-13-30)61-49(68)43(24-32-27-56-38-17-7-5-15-35(32)38)62-46(65)40(19-9-11-21-51)59-48(67)42(23-31-26-55-37-16-6-4-14-34(31)37)60-45(64)36(52)25-33-28-54-29-57-33/h1-7,12-17,26-29,36,39-43,55-56H,8-11,18-25,50-52H2,(H2,53,63)(H,54,57)(H,58,66)(H,59,67)(H,60,64)(H,61,68)(H,62,65). The van der Waals surface area contributed by atoms with Crippen LogP contribution in [0.4, 0.5) is 0 Å². The molecule has 0 radical (unpaired) electrons. The van der Waals surface area contributed by atoms with Crippen molar-refractivity contribution in [2.75, 3.05) is 13.1 Å². The zero-order valence-corrected chi connectivity index (χ0v) is 38.0. The first-order valence-corrected chi connectivity index (χ1v) is 23.0. The largest absolute Gasteiger partial charge is 0.368 e. The fraction of sp³-hybridized carbons (Fsp3) is 0.367. The first-order valence-electron chi connectivity index (χ1n) is 23.0. The van der Waals surface area contributed by atoms with Gasteiger partial charge in [-0.3, -0.25) is 28.8 Å². The third-order valence-electron chi connectivity index (χ3n) is 11.9. The van der Waals surface area contributed by atoms with Gasteiger partial charge in [0.15, 0.2) is 0 Å². The van der Waals surface area contributed by atoms with Crippen LogP contribution in [-0.4, -0.2) is 105 Å². The summed E-state index contributed by atoms with van der Waals surface area (Å²) in [6.45, 7) is 0.729. The summed E-state index contributed by atoms with van der Waals surface area (Å²) in [6, 6.07) is 17.2. The molecule has 68 heavy (non-hydrogen) atoms. The highest BCUT2D eigenvalue weighted by atomic mass is 16.2. The lowest BCUT2D eigenvalue weighted by Gasteiger charge is -2.27. The highest BCUT2D eigenvalue weighted by Gasteiger charge is 2.34. The minimum atomic E-state index is -1.28. The number of unbranched alkanes of at least 4 members (excludes halogenated alkanes) is 2. The topological polar surface area (TPSA) is 327 Å². The number of fused-ring (bicyclic) bond motifs is 2. The van der Waals surface area contributed by atoms with Gasteiger partial charge < -0.3 is 64.5 Å². The highest BCUT2D eigenvalue weighted by Crippen LogP contribution is 2.21. The van der Waals surface area contributed by atoms with E-state index in [4.69, 9.17) is 22.9 Å². The molecule has 3 aromatic carbocycles. The number of primary amides is 1. The van der Waals surface area contributed by atoms with Gasteiger partial charge in [0.05, 0.1) is 12.4 Å². The lowest BCUT2D eigenvalue weighted by Crippen LogP contribution is -2.60. The van der Waals surface area contributed by atoms with Crippen molar-refractivity contribution in [2.24, 2.45) is 22.9 Å². The molecular formula is C49H63N13O6. The molecule has 0 bridgehead atoms. The number of amides is 6. The molecule has 6 unspecified atom stereocenters. The van der Waals surface area contributed by atoms with Crippen LogP contribution in [0.25, 0.3) is 21.8 Å². The average Bonchev–Trinajstić information content (AvgIpc) is 4.11. The van der Waals surface area contributed by atoms with Gasteiger partial charge >= 0.3 is 0 Å². The summed E-state index contributed by atoms with van der Waals surface area (Å²) in [5.74, 6) is -3.99. The predicted molar refractivity (Wildman–Crippen MR) is 259 cm³/mol. The number of aromatic amines is 3. The van der Waals surface area contributed by atoms with Crippen molar-refractivity contribution < 1.29 is 28.8 Å². The van der Waals surface area contributed by atoms with Gasteiger partial charge in [-0.15, -0.1) is 0 Å². The van der Waals surface area contributed by atoms with Crippen molar-refractivity contribution in [1.82, 2.24) is 46.5 Å². The zero-order chi connectivity index (χ0) is 48.4. The van der Waals surface area contributed by atoms with Crippen LogP contribution >= 0.6 is 0 Å². The minimum Gasteiger partial charge on any atom is -0.368 e. The van der Waals surface area contributed by atoms with Crippen LogP contribution in [0.1, 0.15) is 60.9 Å². The number of carbonyl (C=O) groups excluding carboxylic acids is 6.